The summed E-state index contributed by atoms with van der Waals surface area (Å²) in [5.41, 5.74) is 1.85. The summed E-state index contributed by atoms with van der Waals surface area (Å²) in [5, 5.41) is 5.36. The van der Waals surface area contributed by atoms with Gasteiger partial charge in [0.2, 0.25) is 5.91 Å². The number of aromatic nitrogens is 3. The third kappa shape index (κ3) is 3.69. The molecular weight excluding hydrogens is 428 g/mol. The van der Waals surface area contributed by atoms with E-state index in [1.54, 1.807) is 30.1 Å². The second-order valence-electron chi connectivity index (χ2n) is 8.28. The van der Waals surface area contributed by atoms with Gasteiger partial charge in [-0.1, -0.05) is 0 Å². The maximum atomic E-state index is 15.2. The van der Waals surface area contributed by atoms with Crippen molar-refractivity contribution in [1.29, 1.82) is 0 Å². The molecular formula is C24H21F2N5O2. The lowest BCUT2D eigenvalue weighted by Gasteiger charge is -2.12. The fraction of sp³-hybridized carbons (Fsp3) is 0.250. The topological polar surface area (TPSA) is 88.9 Å². The van der Waals surface area contributed by atoms with Crippen LogP contribution in [0.1, 0.15) is 39.9 Å². The molecule has 0 unspecified atom stereocenters. The van der Waals surface area contributed by atoms with E-state index in [0.717, 1.165) is 12.8 Å². The minimum absolute atomic E-state index is 0.0385. The highest BCUT2D eigenvalue weighted by Crippen LogP contribution is 2.40. The average molecular weight is 449 g/mol. The third-order valence-electron chi connectivity index (χ3n) is 6.01. The molecule has 3 aromatic rings. The highest BCUT2D eigenvalue weighted by molar-refractivity contribution is 6.04. The number of hydrogen-bond acceptors (Lipinski definition) is 4. The Balaban J connectivity index is 1.56. The van der Waals surface area contributed by atoms with Gasteiger partial charge in [0, 0.05) is 61.7 Å². The number of rotatable bonds is 5. The first-order valence-corrected chi connectivity index (χ1v) is 10.6. The van der Waals surface area contributed by atoms with Crippen LogP contribution in [0, 0.1) is 17.6 Å². The molecule has 168 valence electrons. The molecule has 1 saturated carbocycles. The van der Waals surface area contributed by atoms with E-state index < -0.39 is 11.6 Å². The first-order valence-electron chi connectivity index (χ1n) is 10.6. The van der Waals surface area contributed by atoms with Gasteiger partial charge in [0.05, 0.1) is 5.56 Å². The normalized spacial score (nSPS) is 14.6. The van der Waals surface area contributed by atoms with Crippen LogP contribution >= 0.6 is 0 Å². The van der Waals surface area contributed by atoms with Crippen LogP contribution in [0.15, 0.2) is 30.7 Å². The van der Waals surface area contributed by atoms with Gasteiger partial charge in [-0.25, -0.2) is 18.7 Å². The first kappa shape index (κ1) is 21.0. The van der Waals surface area contributed by atoms with Crippen LogP contribution in [0.2, 0.25) is 0 Å². The van der Waals surface area contributed by atoms with Crippen LogP contribution in [0.3, 0.4) is 0 Å². The van der Waals surface area contributed by atoms with Gasteiger partial charge in [-0.05, 0) is 42.2 Å². The molecule has 9 heteroatoms. The van der Waals surface area contributed by atoms with E-state index in [-0.39, 0.29) is 35.3 Å². The molecule has 2 amide bonds. The summed E-state index contributed by atoms with van der Waals surface area (Å²) in [7, 11) is 3.24. The quantitative estimate of drug-likeness (QED) is 0.623. The van der Waals surface area contributed by atoms with Crippen LogP contribution in [0.25, 0.3) is 23.0 Å². The SMILES string of the molecule is CNC(=O)c1cnc(NC(=O)C2CC2)c2c1C=C(c1c(F)cc(-c3nccn3C)cc1F)C2. The van der Waals surface area contributed by atoms with E-state index in [1.165, 1.54) is 25.4 Å². The van der Waals surface area contributed by atoms with E-state index in [2.05, 4.69) is 20.6 Å². The Morgan fingerprint density at radius 1 is 1.15 bits per heavy atom. The zero-order valence-corrected chi connectivity index (χ0v) is 18.1. The van der Waals surface area contributed by atoms with Crippen LogP contribution in [0.4, 0.5) is 14.6 Å². The summed E-state index contributed by atoms with van der Waals surface area (Å²) in [6.45, 7) is 0. The Bertz CT molecular complexity index is 1320. The van der Waals surface area contributed by atoms with Crippen molar-refractivity contribution < 1.29 is 18.4 Å². The van der Waals surface area contributed by atoms with Crippen molar-refractivity contribution in [1.82, 2.24) is 19.9 Å². The summed E-state index contributed by atoms with van der Waals surface area (Å²) in [5.74, 6) is -1.26. The number of allylic oxidation sites excluding steroid dienone is 1. The van der Waals surface area contributed by atoms with Crippen molar-refractivity contribution in [2.45, 2.75) is 19.3 Å². The standard InChI is InChI=1S/C24H21F2N5O2/c1-27-24(33)17-11-29-21(30-23(32)12-3-4-12)16-8-13(7-15(16)17)20-18(25)9-14(10-19(20)26)22-28-5-6-31(22)2/h5-7,9-12H,3-4,8H2,1-2H3,(H,27,33)(H,29,30,32). The van der Waals surface area contributed by atoms with Crippen LogP contribution < -0.4 is 10.6 Å². The molecule has 7 nitrogen and oxygen atoms in total. The zero-order chi connectivity index (χ0) is 23.3. The maximum absolute atomic E-state index is 15.2. The van der Waals surface area contributed by atoms with Crippen molar-refractivity contribution in [2.24, 2.45) is 13.0 Å². The molecule has 0 aliphatic heterocycles. The largest absolute Gasteiger partial charge is 0.355 e. The van der Waals surface area contributed by atoms with Crippen molar-refractivity contribution in [2.75, 3.05) is 12.4 Å². The number of hydrogen-bond donors (Lipinski definition) is 2. The highest BCUT2D eigenvalue weighted by Gasteiger charge is 2.32. The zero-order valence-electron chi connectivity index (χ0n) is 18.1. The van der Waals surface area contributed by atoms with Gasteiger partial charge in [-0.15, -0.1) is 0 Å². The molecule has 2 aliphatic carbocycles. The number of imidazole rings is 1. The van der Waals surface area contributed by atoms with Gasteiger partial charge in [0.1, 0.15) is 23.3 Å². The van der Waals surface area contributed by atoms with Crippen LogP contribution in [-0.4, -0.2) is 33.4 Å². The number of halogens is 2. The summed E-state index contributed by atoms with van der Waals surface area (Å²) in [6.07, 6.45) is 8.00. The molecule has 0 spiro atoms. The smallest absolute Gasteiger partial charge is 0.253 e. The number of amides is 2. The van der Waals surface area contributed by atoms with E-state index >= 15 is 8.78 Å². The Morgan fingerprint density at radius 3 is 2.48 bits per heavy atom. The van der Waals surface area contributed by atoms with E-state index in [0.29, 0.717) is 33.9 Å². The second-order valence-corrected chi connectivity index (χ2v) is 8.28. The molecule has 2 aliphatic rings. The van der Waals surface area contributed by atoms with Gasteiger partial charge in [-0.3, -0.25) is 9.59 Å². The lowest BCUT2D eigenvalue weighted by Crippen LogP contribution is -2.21. The van der Waals surface area contributed by atoms with Gasteiger partial charge >= 0.3 is 0 Å². The summed E-state index contributed by atoms with van der Waals surface area (Å²) in [6, 6.07) is 2.50. The summed E-state index contributed by atoms with van der Waals surface area (Å²) < 4.78 is 32.0. The molecule has 1 fully saturated rings. The molecule has 2 aromatic heterocycles. The Labute approximate surface area is 188 Å². The molecule has 5 rings (SSSR count). The van der Waals surface area contributed by atoms with Crippen molar-refractivity contribution in [3.63, 3.8) is 0 Å². The number of pyridine rings is 1. The molecule has 0 bridgehead atoms. The summed E-state index contributed by atoms with van der Waals surface area (Å²) >= 11 is 0. The molecule has 0 atom stereocenters. The minimum Gasteiger partial charge on any atom is -0.355 e. The minimum atomic E-state index is -0.731. The number of carbonyl (C=O) groups excluding carboxylic acids is 2. The van der Waals surface area contributed by atoms with E-state index in [9.17, 15) is 9.59 Å². The Morgan fingerprint density at radius 2 is 1.88 bits per heavy atom. The van der Waals surface area contributed by atoms with Gasteiger partial charge in [0.25, 0.3) is 5.91 Å². The van der Waals surface area contributed by atoms with Crippen LogP contribution in [-0.2, 0) is 18.3 Å². The predicted molar refractivity (Wildman–Crippen MR) is 119 cm³/mol. The lowest BCUT2D eigenvalue weighted by atomic mass is 10.00. The third-order valence-corrected chi connectivity index (χ3v) is 6.01. The number of nitrogens with one attached hydrogen (secondary N) is 2. The van der Waals surface area contributed by atoms with E-state index in [4.69, 9.17) is 0 Å². The summed E-state index contributed by atoms with van der Waals surface area (Å²) in [4.78, 5) is 33.1. The molecule has 0 radical (unpaired) electrons. The Hall–Kier alpha value is -3.88. The van der Waals surface area contributed by atoms with Crippen LogP contribution in [0.5, 0.6) is 0 Å². The number of carbonyl (C=O) groups is 2. The Kier molecular flexibility index (Phi) is 5.03. The fourth-order valence-electron chi connectivity index (χ4n) is 4.13. The van der Waals surface area contributed by atoms with Gasteiger partial charge in [0.15, 0.2) is 0 Å². The fourth-order valence-corrected chi connectivity index (χ4v) is 4.13. The number of anilines is 1. The van der Waals surface area contributed by atoms with Gasteiger partial charge < -0.3 is 15.2 Å². The van der Waals surface area contributed by atoms with E-state index in [1.807, 2.05) is 0 Å². The monoisotopic (exact) mass is 449 g/mol. The molecule has 1 aromatic carbocycles. The first-order chi connectivity index (χ1) is 15.9. The number of fused-ring (bicyclic) bond motifs is 1. The molecule has 2 heterocycles. The van der Waals surface area contributed by atoms with Crippen molar-refractivity contribution in [3.8, 4) is 11.4 Å². The molecule has 0 saturated heterocycles. The second kappa shape index (κ2) is 7.91. The number of benzene rings is 1. The van der Waals surface area contributed by atoms with Gasteiger partial charge in [-0.2, -0.15) is 0 Å². The predicted octanol–water partition coefficient (Wildman–Crippen LogP) is 3.57. The maximum Gasteiger partial charge on any atom is 0.253 e. The molecule has 2 N–H and O–H groups in total. The molecule has 33 heavy (non-hydrogen) atoms. The lowest BCUT2D eigenvalue weighted by molar-refractivity contribution is -0.117. The van der Waals surface area contributed by atoms with Crippen molar-refractivity contribution in [3.05, 3.63) is 64.6 Å². The number of nitrogens with zero attached hydrogens (tertiary/aromatic N) is 3. The highest BCUT2D eigenvalue weighted by atomic mass is 19.1. The van der Waals surface area contributed by atoms with Crippen molar-refractivity contribution >= 4 is 29.3 Å². The number of aryl methyl sites for hydroxylation is 1. The average Bonchev–Trinajstić information content (AvgIpc) is 3.41.